The Balaban J connectivity index is 1.80. The maximum atomic E-state index is 13.1. The summed E-state index contributed by atoms with van der Waals surface area (Å²) in [6, 6.07) is 8.36. The van der Waals surface area contributed by atoms with Gasteiger partial charge in [-0.1, -0.05) is 48.7 Å². The first-order chi connectivity index (χ1) is 15.2. The van der Waals surface area contributed by atoms with Crippen molar-refractivity contribution >= 4 is 58.0 Å². The van der Waals surface area contributed by atoms with E-state index in [-0.39, 0.29) is 22.2 Å². The number of rotatable bonds is 6. The molecule has 1 aliphatic rings. The van der Waals surface area contributed by atoms with E-state index in [1.54, 1.807) is 12.1 Å². The van der Waals surface area contributed by atoms with Gasteiger partial charge in [0.15, 0.2) is 0 Å². The Morgan fingerprint density at radius 3 is 2.34 bits per heavy atom. The number of anilines is 2. The summed E-state index contributed by atoms with van der Waals surface area (Å²) in [5.41, 5.74) is 1.61. The van der Waals surface area contributed by atoms with Crippen LogP contribution in [0.3, 0.4) is 0 Å². The lowest BCUT2D eigenvalue weighted by molar-refractivity contribution is -0.132. The summed E-state index contributed by atoms with van der Waals surface area (Å²) in [5, 5.41) is 3.98. The summed E-state index contributed by atoms with van der Waals surface area (Å²) in [6.45, 7) is 6.64. The number of halogens is 3. The lowest BCUT2D eigenvalue weighted by atomic mass is 10.1. The van der Waals surface area contributed by atoms with E-state index >= 15 is 0 Å². The lowest BCUT2D eigenvalue weighted by Gasteiger charge is -2.37. The van der Waals surface area contributed by atoms with E-state index in [4.69, 9.17) is 39.5 Å². The van der Waals surface area contributed by atoms with Crippen LogP contribution in [-0.2, 0) is 4.79 Å². The predicted molar refractivity (Wildman–Crippen MR) is 131 cm³/mol. The minimum Gasteiger partial charge on any atom is -0.494 e. The minimum atomic E-state index is -0.416. The van der Waals surface area contributed by atoms with Gasteiger partial charge in [0.25, 0.3) is 5.91 Å². The van der Waals surface area contributed by atoms with Crippen LogP contribution < -0.4 is 15.0 Å². The van der Waals surface area contributed by atoms with Crippen LogP contribution >= 0.6 is 34.8 Å². The zero-order valence-electron chi connectivity index (χ0n) is 18.3. The first kappa shape index (κ1) is 24.5. The first-order valence-corrected chi connectivity index (χ1v) is 11.5. The van der Waals surface area contributed by atoms with Crippen LogP contribution in [0.4, 0.5) is 11.4 Å². The van der Waals surface area contributed by atoms with Crippen molar-refractivity contribution in [2.24, 2.45) is 5.92 Å². The molecule has 3 rings (SSSR count). The van der Waals surface area contributed by atoms with Crippen LogP contribution in [0.2, 0.25) is 15.1 Å². The molecule has 2 aromatic rings. The molecule has 1 heterocycles. The first-order valence-electron chi connectivity index (χ1n) is 10.4. The third-order valence-electron chi connectivity index (χ3n) is 5.22. The van der Waals surface area contributed by atoms with E-state index in [0.29, 0.717) is 54.3 Å². The summed E-state index contributed by atoms with van der Waals surface area (Å²) in [7, 11) is 1.44. The highest BCUT2D eigenvalue weighted by Gasteiger charge is 2.24. The maximum absolute atomic E-state index is 13.1. The van der Waals surface area contributed by atoms with Gasteiger partial charge in [-0.2, -0.15) is 0 Å². The van der Waals surface area contributed by atoms with Gasteiger partial charge in [-0.3, -0.25) is 9.59 Å². The molecular weight excluding hydrogens is 473 g/mol. The molecule has 2 aromatic carbocycles. The number of piperazine rings is 1. The van der Waals surface area contributed by atoms with Gasteiger partial charge >= 0.3 is 0 Å². The third kappa shape index (κ3) is 5.80. The van der Waals surface area contributed by atoms with E-state index in [0.717, 1.165) is 5.69 Å². The summed E-state index contributed by atoms with van der Waals surface area (Å²) in [5.74, 6) is 0.333. The van der Waals surface area contributed by atoms with E-state index < -0.39 is 5.91 Å². The van der Waals surface area contributed by atoms with Gasteiger partial charge < -0.3 is 19.9 Å². The van der Waals surface area contributed by atoms with Crippen molar-refractivity contribution in [2.45, 2.75) is 20.3 Å². The van der Waals surface area contributed by atoms with Gasteiger partial charge in [-0.15, -0.1) is 0 Å². The molecule has 1 aliphatic heterocycles. The minimum absolute atomic E-state index is 0.175. The number of carbonyl (C=O) groups excluding carboxylic acids is 2. The normalized spacial score (nSPS) is 14.0. The average Bonchev–Trinajstić information content (AvgIpc) is 2.73. The van der Waals surface area contributed by atoms with Gasteiger partial charge in [0, 0.05) is 42.6 Å². The smallest absolute Gasteiger partial charge is 0.259 e. The monoisotopic (exact) mass is 497 g/mol. The van der Waals surface area contributed by atoms with Crippen LogP contribution in [-0.4, -0.2) is 50.0 Å². The van der Waals surface area contributed by atoms with Crippen LogP contribution in [0, 0.1) is 5.92 Å². The molecule has 0 atom stereocenters. The molecule has 0 aromatic heterocycles. The Labute approximate surface area is 203 Å². The molecule has 6 nitrogen and oxygen atoms in total. The summed E-state index contributed by atoms with van der Waals surface area (Å²) >= 11 is 18.5. The van der Waals surface area contributed by atoms with Crippen molar-refractivity contribution in [1.82, 2.24) is 4.90 Å². The number of nitrogens with one attached hydrogen (secondary N) is 1. The van der Waals surface area contributed by atoms with Crippen LogP contribution in [0.25, 0.3) is 0 Å². The number of benzene rings is 2. The molecule has 0 spiro atoms. The molecule has 0 radical (unpaired) electrons. The predicted octanol–water partition coefficient (Wildman–Crippen LogP) is 5.60. The molecule has 0 unspecified atom stereocenters. The maximum Gasteiger partial charge on any atom is 0.259 e. The van der Waals surface area contributed by atoms with Gasteiger partial charge in [-0.05, 0) is 36.2 Å². The van der Waals surface area contributed by atoms with Crippen molar-refractivity contribution in [2.75, 3.05) is 43.5 Å². The molecule has 0 saturated carbocycles. The molecule has 0 aliphatic carbocycles. The number of ether oxygens (including phenoxy) is 1. The van der Waals surface area contributed by atoms with E-state index in [1.807, 2.05) is 24.8 Å². The molecule has 1 fully saturated rings. The lowest BCUT2D eigenvalue weighted by Crippen LogP contribution is -2.49. The highest BCUT2D eigenvalue weighted by Crippen LogP contribution is 2.35. The second-order valence-electron chi connectivity index (χ2n) is 8.05. The van der Waals surface area contributed by atoms with Crippen molar-refractivity contribution < 1.29 is 14.3 Å². The van der Waals surface area contributed by atoms with Crippen molar-refractivity contribution in [3.05, 3.63) is 51.0 Å². The van der Waals surface area contributed by atoms with E-state index in [1.165, 1.54) is 19.2 Å². The fourth-order valence-electron chi connectivity index (χ4n) is 3.69. The van der Waals surface area contributed by atoms with Crippen LogP contribution in [0.1, 0.15) is 30.6 Å². The molecule has 9 heteroatoms. The number of hydrogen-bond donors (Lipinski definition) is 1. The molecule has 1 saturated heterocycles. The summed E-state index contributed by atoms with van der Waals surface area (Å²) in [6.07, 6.45) is 0.548. The molecule has 1 N–H and O–H groups in total. The van der Waals surface area contributed by atoms with E-state index in [9.17, 15) is 9.59 Å². The Hall–Kier alpha value is -2.15. The number of carbonyl (C=O) groups is 2. The molecule has 32 heavy (non-hydrogen) atoms. The molecular formula is C23H26Cl3N3O3. The number of nitrogens with zero attached hydrogens (tertiary/aromatic N) is 2. The average molecular weight is 499 g/mol. The van der Waals surface area contributed by atoms with Gasteiger partial charge in [0.1, 0.15) is 5.75 Å². The quantitative estimate of drug-likeness (QED) is 0.563. The summed E-state index contributed by atoms with van der Waals surface area (Å²) in [4.78, 5) is 29.5. The number of methoxy groups -OCH3 is 1. The van der Waals surface area contributed by atoms with Gasteiger partial charge in [-0.25, -0.2) is 0 Å². The SMILES string of the molecule is COc1c(Cl)cc(Cl)cc1C(=O)Nc1cc(Cl)ccc1N1CCN(C(=O)CC(C)C)CC1. The topological polar surface area (TPSA) is 61.9 Å². The van der Waals surface area contributed by atoms with Gasteiger partial charge in [0.2, 0.25) is 5.91 Å². The summed E-state index contributed by atoms with van der Waals surface area (Å²) < 4.78 is 5.30. The highest BCUT2D eigenvalue weighted by molar-refractivity contribution is 6.36. The zero-order valence-corrected chi connectivity index (χ0v) is 20.5. The number of amides is 2. The Morgan fingerprint density at radius 2 is 1.72 bits per heavy atom. The Morgan fingerprint density at radius 1 is 1.03 bits per heavy atom. The highest BCUT2D eigenvalue weighted by atomic mass is 35.5. The van der Waals surface area contributed by atoms with Crippen molar-refractivity contribution in [3.8, 4) is 5.75 Å². The largest absolute Gasteiger partial charge is 0.494 e. The van der Waals surface area contributed by atoms with Crippen LogP contribution in [0.15, 0.2) is 30.3 Å². The Kier molecular flexibility index (Phi) is 8.15. The second-order valence-corrected chi connectivity index (χ2v) is 9.33. The number of hydrogen-bond acceptors (Lipinski definition) is 4. The molecule has 2 amide bonds. The standard InChI is InChI=1S/C23H26Cl3N3O3/c1-14(2)10-21(30)29-8-6-28(7-9-29)20-5-4-15(24)13-19(20)27-23(31)17-11-16(25)12-18(26)22(17)32-3/h4-5,11-14H,6-10H2,1-3H3,(H,27,31). The fourth-order valence-corrected chi connectivity index (χ4v) is 4.43. The zero-order chi connectivity index (χ0) is 23.4. The van der Waals surface area contributed by atoms with E-state index in [2.05, 4.69) is 10.2 Å². The van der Waals surface area contributed by atoms with Crippen molar-refractivity contribution in [1.29, 1.82) is 0 Å². The fraction of sp³-hybridized carbons (Fsp3) is 0.391. The third-order valence-corrected chi connectivity index (χ3v) is 5.95. The second kappa shape index (κ2) is 10.6. The van der Waals surface area contributed by atoms with Crippen molar-refractivity contribution in [3.63, 3.8) is 0 Å². The van der Waals surface area contributed by atoms with Crippen LogP contribution in [0.5, 0.6) is 5.75 Å². The molecule has 172 valence electrons. The molecule has 0 bridgehead atoms. The Bertz CT molecular complexity index is 1010. The van der Waals surface area contributed by atoms with Gasteiger partial charge in [0.05, 0.1) is 29.1 Å².